The van der Waals surface area contributed by atoms with Gasteiger partial charge in [0.05, 0.1) is 18.7 Å². The van der Waals surface area contributed by atoms with Gasteiger partial charge in [-0.3, -0.25) is 47.9 Å². The van der Waals surface area contributed by atoms with Gasteiger partial charge in [-0.25, -0.2) is 14.8 Å². The zero-order valence-electron chi connectivity index (χ0n) is 44.5. The molecular formula is C50H77N13O14. The van der Waals surface area contributed by atoms with Crippen molar-refractivity contribution < 1.29 is 68.1 Å². The lowest BCUT2D eigenvalue weighted by Gasteiger charge is -2.32. The minimum Gasteiger partial charge on any atom is -0.481 e. The summed E-state index contributed by atoms with van der Waals surface area (Å²) in [5, 5.41) is 44.8. The van der Waals surface area contributed by atoms with E-state index < -0.39 is 145 Å². The second-order valence-electron chi connectivity index (χ2n) is 20.7. The molecule has 2 fully saturated rings. The Labute approximate surface area is 446 Å². The van der Waals surface area contributed by atoms with Crippen molar-refractivity contribution in [3.05, 3.63) is 36.4 Å². The van der Waals surface area contributed by atoms with E-state index in [1.54, 1.807) is 13.8 Å². The highest BCUT2D eigenvalue weighted by Crippen LogP contribution is 2.24. The Bertz CT molecular complexity index is 2360. The molecular weight excluding hydrogens is 1010 g/mol. The average molecular weight is 1080 g/mol. The highest BCUT2D eigenvalue weighted by molar-refractivity contribution is 5.99. The molecule has 27 heteroatoms. The number of imidazole rings is 2. The zero-order valence-corrected chi connectivity index (χ0v) is 44.5. The number of likely N-dealkylation sites (tertiary alicyclic amines) is 2. The summed E-state index contributed by atoms with van der Waals surface area (Å²) in [7, 11) is 0. The Morgan fingerprint density at radius 2 is 1.04 bits per heavy atom. The number of aliphatic carboxylic acids is 3. The molecule has 8 amide bonds. The van der Waals surface area contributed by atoms with Crippen molar-refractivity contribution in [2.45, 2.75) is 179 Å². The van der Waals surface area contributed by atoms with Gasteiger partial charge in [-0.15, -0.1) is 0 Å². The van der Waals surface area contributed by atoms with Crippen LogP contribution in [-0.4, -0.2) is 178 Å². The molecule has 2 aliphatic heterocycles. The van der Waals surface area contributed by atoms with Crippen molar-refractivity contribution in [2.24, 2.45) is 23.5 Å². The van der Waals surface area contributed by atoms with Gasteiger partial charge in [-0.05, 0) is 69.1 Å². The molecule has 77 heavy (non-hydrogen) atoms. The lowest BCUT2D eigenvalue weighted by Crippen LogP contribution is -2.61. The lowest BCUT2D eigenvalue weighted by atomic mass is 9.96. The van der Waals surface area contributed by atoms with Crippen LogP contribution < -0.4 is 37.6 Å². The SMILES string of the molecule is CC[C@H](C)[C@H](NC(=O)[C@H](Cc1cnc[nH]1)NC(=O)[C@@H]1CCCN1C(=O)[C@H](CCC(=O)O)NC(=O)[C@@H]1CCCN1C(=O)[C@H](CCC(=O)O)NC(=O)[C@@H](N)Cc1cnc[nH]1)C(=O)N[C@@H](CC(C)C)C(=O)N[C@@H](CC(C)C)C(=O)O. The Morgan fingerprint density at radius 1 is 0.597 bits per heavy atom. The lowest BCUT2D eigenvalue weighted by molar-refractivity contribution is -0.145. The van der Waals surface area contributed by atoms with Crippen LogP contribution in [0, 0.1) is 17.8 Å². The van der Waals surface area contributed by atoms with Gasteiger partial charge in [0.2, 0.25) is 47.3 Å². The van der Waals surface area contributed by atoms with Crippen LogP contribution in [0.3, 0.4) is 0 Å². The molecule has 2 aromatic heterocycles. The third-order valence-electron chi connectivity index (χ3n) is 13.6. The minimum atomic E-state index is -1.52. The number of H-pyrrole nitrogens is 2. The van der Waals surface area contributed by atoms with Crippen molar-refractivity contribution in [1.82, 2.24) is 61.6 Å². The number of hydrogen-bond donors (Lipinski definition) is 12. The first kappa shape index (κ1) is 62.1. The number of carbonyl (C=O) groups is 11. The molecule has 0 aromatic carbocycles. The third kappa shape index (κ3) is 19.0. The monoisotopic (exact) mass is 1080 g/mol. The summed E-state index contributed by atoms with van der Waals surface area (Å²) in [6.07, 6.45) is 5.13. The molecule has 2 aliphatic rings. The number of carboxylic acids is 3. The first-order valence-electron chi connectivity index (χ1n) is 26.2. The molecule has 0 radical (unpaired) electrons. The number of carboxylic acid groups (broad SMARTS) is 3. The Kier molecular flexibility index (Phi) is 24.0. The van der Waals surface area contributed by atoms with Crippen LogP contribution in [0.15, 0.2) is 25.0 Å². The summed E-state index contributed by atoms with van der Waals surface area (Å²) in [5.41, 5.74) is 7.04. The summed E-state index contributed by atoms with van der Waals surface area (Å²) < 4.78 is 0. The first-order chi connectivity index (χ1) is 36.4. The van der Waals surface area contributed by atoms with E-state index in [4.69, 9.17) is 5.73 Å². The molecule has 4 rings (SSSR count). The number of hydrogen-bond acceptors (Lipinski definition) is 14. The van der Waals surface area contributed by atoms with Gasteiger partial charge in [0.1, 0.15) is 48.3 Å². The highest BCUT2D eigenvalue weighted by Gasteiger charge is 2.43. The number of nitrogens with one attached hydrogen (secondary N) is 8. The maximum atomic E-state index is 14.5. The fraction of sp³-hybridized carbons (Fsp3) is 0.660. The zero-order chi connectivity index (χ0) is 57.1. The number of nitrogens with two attached hydrogens (primary N) is 1. The van der Waals surface area contributed by atoms with Gasteiger partial charge in [0.15, 0.2) is 0 Å². The van der Waals surface area contributed by atoms with Crippen molar-refractivity contribution in [1.29, 1.82) is 0 Å². The molecule has 2 aromatic rings. The van der Waals surface area contributed by atoms with E-state index in [1.165, 1.54) is 34.8 Å². The van der Waals surface area contributed by atoms with Crippen molar-refractivity contribution in [2.75, 3.05) is 13.1 Å². The van der Waals surface area contributed by atoms with Crippen molar-refractivity contribution in [3.8, 4) is 0 Å². The van der Waals surface area contributed by atoms with E-state index in [-0.39, 0.29) is 69.9 Å². The van der Waals surface area contributed by atoms with Gasteiger partial charge in [0, 0.05) is 62.6 Å². The van der Waals surface area contributed by atoms with E-state index in [1.807, 2.05) is 27.7 Å². The summed E-state index contributed by atoms with van der Waals surface area (Å²) in [6.45, 7) is 10.8. The smallest absolute Gasteiger partial charge is 0.326 e. The predicted octanol–water partition coefficient (Wildman–Crippen LogP) is -0.911. The highest BCUT2D eigenvalue weighted by atomic mass is 16.4. The Balaban J connectivity index is 1.53. The van der Waals surface area contributed by atoms with Crippen LogP contribution >= 0.6 is 0 Å². The molecule has 0 saturated carbocycles. The number of carbonyl (C=O) groups excluding carboxylic acids is 8. The summed E-state index contributed by atoms with van der Waals surface area (Å²) in [6, 6.07) is -11.5. The molecule has 27 nitrogen and oxygen atoms in total. The molecule has 0 unspecified atom stereocenters. The number of aromatic nitrogens is 4. The number of amides is 8. The standard InChI is InChI=1S/C50H77N13O14/c1-7-28(6)41(47(73)59-34(18-26(2)3)43(69)60-36(50(76)77)19-27(4)5)61-44(70)35(21-30-23-53-25-55-30)58-46(72)38-11-9-17-63(38)49(75)33(13-15-40(66)67)57-45(71)37-10-8-16-62(37)48(74)32(12-14-39(64)65)56-42(68)31(51)20-29-22-52-24-54-29/h22-28,31-38,41H,7-21,51H2,1-6H3,(H,52,54)(H,53,55)(H,56,68)(H,57,71)(H,58,72)(H,59,73)(H,60,69)(H,61,70)(H,64,65)(H,66,67)(H,76,77)/t28-,31-,32-,33-,34-,35-,36-,37-,38-,41-/m0/s1. The fourth-order valence-electron chi connectivity index (χ4n) is 9.31. The summed E-state index contributed by atoms with van der Waals surface area (Å²) in [5.74, 6) is -10.7. The van der Waals surface area contributed by atoms with Gasteiger partial charge in [0.25, 0.3) is 0 Å². The molecule has 10 atom stereocenters. The largest absolute Gasteiger partial charge is 0.481 e. The summed E-state index contributed by atoms with van der Waals surface area (Å²) >= 11 is 0. The van der Waals surface area contributed by atoms with Crippen LogP contribution in [0.5, 0.6) is 0 Å². The maximum absolute atomic E-state index is 14.5. The Morgan fingerprint density at radius 3 is 1.49 bits per heavy atom. The molecule has 2 saturated heterocycles. The van der Waals surface area contributed by atoms with E-state index in [2.05, 4.69) is 51.8 Å². The molecule has 426 valence electrons. The van der Waals surface area contributed by atoms with Gasteiger partial charge in [-0.2, -0.15) is 0 Å². The van der Waals surface area contributed by atoms with Crippen LogP contribution in [0.1, 0.15) is 124 Å². The van der Waals surface area contributed by atoms with E-state index in [0.29, 0.717) is 30.7 Å². The quantitative estimate of drug-likeness (QED) is 0.0435. The first-order valence-corrected chi connectivity index (χ1v) is 26.2. The normalized spacial score (nSPS) is 18.5. The van der Waals surface area contributed by atoms with E-state index >= 15 is 0 Å². The average Bonchev–Trinajstić information content (AvgIpc) is 4.23. The van der Waals surface area contributed by atoms with Crippen LogP contribution in [-0.2, 0) is 65.6 Å². The summed E-state index contributed by atoms with van der Waals surface area (Å²) in [4.78, 5) is 164. The van der Waals surface area contributed by atoms with Crippen molar-refractivity contribution >= 4 is 65.2 Å². The minimum absolute atomic E-state index is 0.00133. The van der Waals surface area contributed by atoms with E-state index in [9.17, 15) is 68.1 Å². The maximum Gasteiger partial charge on any atom is 0.326 e. The second-order valence-corrected chi connectivity index (χ2v) is 20.7. The number of rotatable bonds is 31. The topological polar surface area (TPSA) is 410 Å². The van der Waals surface area contributed by atoms with Crippen LogP contribution in [0.4, 0.5) is 0 Å². The van der Waals surface area contributed by atoms with Crippen molar-refractivity contribution in [3.63, 3.8) is 0 Å². The molecule has 0 bridgehead atoms. The molecule has 4 heterocycles. The van der Waals surface area contributed by atoms with Crippen LogP contribution in [0.2, 0.25) is 0 Å². The van der Waals surface area contributed by atoms with Crippen LogP contribution in [0.25, 0.3) is 0 Å². The van der Waals surface area contributed by atoms with Gasteiger partial charge < -0.3 is 72.7 Å². The Hall–Kier alpha value is -7.45. The fourth-order valence-corrected chi connectivity index (χ4v) is 9.31. The molecule has 0 spiro atoms. The molecule has 13 N–H and O–H groups in total. The number of nitrogens with zero attached hydrogens (tertiary/aromatic N) is 4. The van der Waals surface area contributed by atoms with Gasteiger partial charge in [-0.1, -0.05) is 48.0 Å². The third-order valence-corrected chi connectivity index (χ3v) is 13.6. The van der Waals surface area contributed by atoms with Gasteiger partial charge >= 0.3 is 17.9 Å². The second kappa shape index (κ2) is 29.7. The predicted molar refractivity (Wildman–Crippen MR) is 273 cm³/mol. The van der Waals surface area contributed by atoms with E-state index in [0.717, 1.165) is 0 Å². The molecule has 0 aliphatic carbocycles. The number of aromatic amines is 2.